The van der Waals surface area contributed by atoms with Gasteiger partial charge in [-0.15, -0.1) is 22.1 Å². The molecule has 1 aliphatic heterocycles. The Morgan fingerprint density at radius 2 is 0.689 bits per heavy atom. The van der Waals surface area contributed by atoms with Crippen LogP contribution < -0.4 is 9.97 Å². The van der Waals surface area contributed by atoms with Crippen molar-refractivity contribution in [2.75, 3.05) is 0 Å². The van der Waals surface area contributed by atoms with Crippen LogP contribution in [0.4, 0.5) is 0 Å². The third-order valence-corrected chi connectivity index (χ3v) is 8.16. The average Bonchev–Trinajstić information content (AvgIpc) is 3.69. The zero-order valence-corrected chi connectivity index (χ0v) is 26.1. The Balaban J connectivity index is 0.00000300. The van der Waals surface area contributed by atoms with Gasteiger partial charge < -0.3 is 9.97 Å². The van der Waals surface area contributed by atoms with E-state index in [0.717, 1.165) is 88.2 Å². The molecule has 45 heavy (non-hydrogen) atoms. The first-order valence-corrected chi connectivity index (χ1v) is 14.6. The monoisotopic (exact) mass is 756 g/mol. The van der Waals surface area contributed by atoms with Gasteiger partial charge in [-0.1, -0.05) is 103 Å². The zero-order valence-electron chi connectivity index (χ0n) is 23.8. The van der Waals surface area contributed by atoms with Gasteiger partial charge in [-0.2, -0.15) is 0 Å². The molecule has 0 spiro atoms. The van der Waals surface area contributed by atoms with Gasteiger partial charge in [0, 0.05) is 11.1 Å². The summed E-state index contributed by atoms with van der Waals surface area (Å²) in [6.07, 6.45) is 0. The summed E-state index contributed by atoms with van der Waals surface area (Å²) in [6.45, 7) is 0. The number of hydrogen-bond donors (Lipinski definition) is 0. The summed E-state index contributed by atoms with van der Waals surface area (Å²) in [5.74, 6) is 0. The third kappa shape index (κ3) is 4.82. The molecule has 3 aromatic carbocycles. The predicted molar refractivity (Wildman–Crippen MR) is 180 cm³/mol. The fourth-order valence-corrected chi connectivity index (χ4v) is 6.15. The van der Waals surface area contributed by atoms with Crippen LogP contribution in [0.2, 0.25) is 0 Å². The van der Waals surface area contributed by atoms with Crippen LogP contribution in [0.1, 0.15) is 0 Å². The van der Waals surface area contributed by atoms with E-state index in [4.69, 9.17) is 24.9 Å². The third-order valence-electron chi connectivity index (χ3n) is 8.16. The van der Waals surface area contributed by atoms with Crippen LogP contribution in [0.15, 0.2) is 140 Å². The van der Waals surface area contributed by atoms with Gasteiger partial charge in [0.05, 0.1) is 33.5 Å². The van der Waals surface area contributed by atoms with Crippen LogP contribution in [0, 0.1) is 0 Å². The molecule has 0 fully saturated rings. The van der Waals surface area contributed by atoms with Gasteiger partial charge in [-0.05, 0) is 57.9 Å². The van der Waals surface area contributed by atoms with Crippen molar-refractivity contribution in [1.29, 1.82) is 0 Å². The minimum atomic E-state index is 0. The summed E-state index contributed by atoms with van der Waals surface area (Å²) in [6, 6.07) is 47.4. The van der Waals surface area contributed by atoms with Gasteiger partial charge in [0.1, 0.15) is 0 Å². The first kappa shape index (κ1) is 27.2. The molecule has 214 valence electrons. The van der Waals surface area contributed by atoms with Crippen molar-refractivity contribution < 1.29 is 21.1 Å². The van der Waals surface area contributed by atoms with Crippen LogP contribution >= 0.6 is 0 Å². The molecule has 10 bridgehead atoms. The number of nitrogens with zero attached hydrogens (tertiary/aromatic N) is 5. The maximum absolute atomic E-state index is 5.10. The van der Waals surface area contributed by atoms with Gasteiger partial charge in [-0.3, -0.25) is 0 Å². The van der Waals surface area contributed by atoms with Crippen molar-refractivity contribution in [1.82, 2.24) is 24.9 Å². The van der Waals surface area contributed by atoms with E-state index in [1.54, 1.807) is 0 Å². The average molecular weight is 757 g/mol. The molecule has 0 aliphatic carbocycles. The first-order valence-electron chi connectivity index (χ1n) is 14.6. The van der Waals surface area contributed by atoms with E-state index in [1.807, 2.05) is 60.7 Å². The van der Waals surface area contributed by atoms with Crippen LogP contribution in [-0.4, -0.2) is 15.0 Å². The summed E-state index contributed by atoms with van der Waals surface area (Å²) in [5, 5.41) is 4.31. The fourth-order valence-electron chi connectivity index (χ4n) is 6.15. The minimum Gasteiger partial charge on any atom is -0.657 e. The molecule has 1 aliphatic rings. The standard InChI is InChI=1S/C39H23N5.Pt/c1-2-14-29-28(13-1)34-19-24-9-7-11-26(40-24)21-36-30-15-3-5-17-32(30)38(43-36)23-39-33-18-6-4-16-31(33)37(44-39)22-27-12-8-10-25(41-27)20-35(29)42-34;/h1-23H;/q-2;+2. The van der Waals surface area contributed by atoms with Crippen LogP contribution in [0.3, 0.4) is 0 Å². The molecule has 5 nitrogen and oxygen atoms in total. The zero-order chi connectivity index (χ0) is 29.0. The number of benzene rings is 3. The Hall–Kier alpha value is -5.38. The molecule has 0 saturated carbocycles. The largest absolute Gasteiger partial charge is 2.00 e. The number of pyridine rings is 2. The molecule has 6 heteroatoms. The summed E-state index contributed by atoms with van der Waals surface area (Å²) >= 11 is 0. The molecule has 5 aromatic heterocycles. The molecule has 8 aromatic rings. The van der Waals surface area contributed by atoms with Crippen LogP contribution in [0.25, 0.3) is 88.2 Å². The van der Waals surface area contributed by atoms with Crippen molar-refractivity contribution >= 4 is 65.7 Å². The van der Waals surface area contributed by atoms with Crippen LogP contribution in [-0.2, 0) is 21.1 Å². The van der Waals surface area contributed by atoms with E-state index in [9.17, 15) is 0 Å². The predicted octanol–water partition coefficient (Wildman–Crippen LogP) is 9.16. The fraction of sp³-hybridized carbons (Fsp3) is 0. The van der Waals surface area contributed by atoms with E-state index in [0.29, 0.717) is 0 Å². The van der Waals surface area contributed by atoms with Crippen molar-refractivity contribution in [3.8, 4) is 22.5 Å². The Bertz CT molecular complexity index is 2630. The Kier molecular flexibility index (Phi) is 6.62. The summed E-state index contributed by atoms with van der Waals surface area (Å²) in [7, 11) is 0. The summed E-state index contributed by atoms with van der Waals surface area (Å²) in [5.41, 5.74) is 10.8. The van der Waals surface area contributed by atoms with Crippen molar-refractivity contribution in [2.45, 2.75) is 0 Å². The number of hydrogen-bond acceptors (Lipinski definition) is 3. The molecular formula is C39H23N5Pt. The molecule has 0 unspecified atom stereocenters. The van der Waals surface area contributed by atoms with E-state index in [1.165, 1.54) is 0 Å². The second kappa shape index (κ2) is 11.0. The second-order valence-electron chi connectivity index (χ2n) is 11.0. The minimum absolute atomic E-state index is 0. The number of fused-ring (bicyclic) bond motifs is 19. The van der Waals surface area contributed by atoms with Gasteiger partial charge in [-0.25, -0.2) is 15.0 Å². The topological polar surface area (TPSA) is 66.9 Å². The smallest absolute Gasteiger partial charge is 0.657 e. The van der Waals surface area contributed by atoms with Crippen LogP contribution in [0.5, 0.6) is 0 Å². The molecule has 0 amide bonds. The molecule has 0 atom stereocenters. The Morgan fingerprint density at radius 3 is 1.13 bits per heavy atom. The molecule has 9 rings (SSSR count). The van der Waals surface area contributed by atoms with E-state index >= 15 is 0 Å². The first-order chi connectivity index (χ1) is 21.7. The molecule has 6 heterocycles. The van der Waals surface area contributed by atoms with Gasteiger partial charge >= 0.3 is 21.1 Å². The summed E-state index contributed by atoms with van der Waals surface area (Å²) < 4.78 is 0. The van der Waals surface area contributed by atoms with E-state index in [-0.39, 0.29) is 21.1 Å². The molecule has 0 N–H and O–H groups in total. The second-order valence-corrected chi connectivity index (χ2v) is 11.0. The van der Waals surface area contributed by atoms with Crippen molar-refractivity contribution in [3.63, 3.8) is 0 Å². The Labute approximate surface area is 272 Å². The molecule has 0 saturated heterocycles. The maximum atomic E-state index is 5.10. The van der Waals surface area contributed by atoms with Crippen molar-refractivity contribution in [2.24, 2.45) is 0 Å². The normalized spacial score (nSPS) is 11.4. The van der Waals surface area contributed by atoms with Crippen molar-refractivity contribution in [3.05, 3.63) is 140 Å². The molecule has 0 radical (unpaired) electrons. The summed E-state index contributed by atoms with van der Waals surface area (Å²) in [4.78, 5) is 25.2. The SMILES string of the molecule is [Pt+2].c1ccc2c(c1)-c1cc3cccc(cc4[n-]c(cc5cccc(cc6[n-]c(cc-2n1)c1ccccc61)n5)c1ccccc41)n3. The quantitative estimate of drug-likeness (QED) is 0.155. The van der Waals surface area contributed by atoms with Gasteiger partial charge in [0.15, 0.2) is 0 Å². The number of rotatable bonds is 0. The number of aromatic nitrogens is 5. The van der Waals surface area contributed by atoms with Gasteiger partial charge in [0.25, 0.3) is 0 Å². The Morgan fingerprint density at radius 1 is 0.333 bits per heavy atom. The maximum Gasteiger partial charge on any atom is 2.00 e. The van der Waals surface area contributed by atoms with E-state index in [2.05, 4.69) is 78.9 Å². The molecular weight excluding hydrogens is 734 g/mol. The van der Waals surface area contributed by atoms with E-state index < -0.39 is 0 Å². The van der Waals surface area contributed by atoms with Gasteiger partial charge in [0.2, 0.25) is 0 Å².